The number of amides is 1. The fourth-order valence-electron chi connectivity index (χ4n) is 3.26. The Morgan fingerprint density at radius 1 is 1.28 bits per heavy atom. The molecule has 1 saturated heterocycles. The van der Waals surface area contributed by atoms with Crippen LogP contribution in [0.25, 0.3) is 11.3 Å². The number of rotatable bonds is 6. The molecule has 1 fully saturated rings. The highest BCUT2D eigenvalue weighted by Gasteiger charge is 2.23. The maximum Gasteiger partial charge on any atom is 0.407 e. The molecule has 0 saturated carbocycles. The van der Waals surface area contributed by atoms with Crippen LogP contribution in [-0.2, 0) is 4.74 Å². The van der Waals surface area contributed by atoms with Crippen molar-refractivity contribution in [1.82, 2.24) is 15.3 Å². The van der Waals surface area contributed by atoms with Crippen LogP contribution in [0.2, 0.25) is 0 Å². The van der Waals surface area contributed by atoms with Gasteiger partial charge in [0.05, 0.1) is 24.7 Å². The van der Waals surface area contributed by atoms with Crippen LogP contribution >= 0.6 is 0 Å². The van der Waals surface area contributed by atoms with Crippen LogP contribution in [0.15, 0.2) is 36.7 Å². The molecule has 0 spiro atoms. The van der Waals surface area contributed by atoms with Gasteiger partial charge in [0.25, 0.3) is 6.43 Å². The van der Waals surface area contributed by atoms with E-state index in [4.69, 9.17) is 4.74 Å². The molecule has 0 atom stereocenters. The number of alkyl halides is 2. The van der Waals surface area contributed by atoms with E-state index in [0.29, 0.717) is 42.7 Å². The summed E-state index contributed by atoms with van der Waals surface area (Å²) in [5.74, 6) is 0.941. The second-order valence-electron chi connectivity index (χ2n) is 7.55. The van der Waals surface area contributed by atoms with E-state index in [1.165, 1.54) is 12.3 Å². The minimum atomic E-state index is -2.58. The maximum absolute atomic E-state index is 13.3. The summed E-state index contributed by atoms with van der Waals surface area (Å²) in [6.45, 7) is 5.74. The van der Waals surface area contributed by atoms with Gasteiger partial charge in [0.1, 0.15) is 5.82 Å². The van der Waals surface area contributed by atoms with Gasteiger partial charge in [-0.3, -0.25) is 4.98 Å². The summed E-state index contributed by atoms with van der Waals surface area (Å²) in [4.78, 5) is 22.6. The molecule has 0 radical (unpaired) electrons. The molecule has 3 rings (SSSR count). The zero-order valence-corrected chi connectivity index (χ0v) is 16.6. The van der Waals surface area contributed by atoms with E-state index in [0.717, 1.165) is 12.8 Å². The molecular formula is C21H28F2N4O2. The average Bonchev–Trinajstić information content (AvgIpc) is 2.73. The van der Waals surface area contributed by atoms with Crippen LogP contribution in [0.3, 0.4) is 0 Å². The molecule has 0 bridgehead atoms. The quantitative estimate of drug-likeness (QED) is 0.755. The summed E-state index contributed by atoms with van der Waals surface area (Å²) in [7, 11) is 0. The number of carbonyl (C=O) groups is 1. The second-order valence-corrected chi connectivity index (χ2v) is 7.55. The van der Waals surface area contributed by atoms with Crippen LogP contribution in [0.4, 0.5) is 19.4 Å². The number of alkyl carbamates (subject to hydrolysis) is 1. The van der Waals surface area contributed by atoms with Crippen molar-refractivity contribution < 1.29 is 19.7 Å². The zero-order valence-electron chi connectivity index (χ0n) is 16.6. The summed E-state index contributed by atoms with van der Waals surface area (Å²) < 4.78 is 31.8. The normalized spacial score (nSPS) is 15.0. The van der Waals surface area contributed by atoms with Gasteiger partial charge < -0.3 is 15.0 Å². The van der Waals surface area contributed by atoms with Gasteiger partial charge in [-0.15, -0.1) is 0 Å². The number of ether oxygens (including phenoxy) is 1. The number of hydrogen-bond donors (Lipinski definition) is 1. The number of anilines is 1. The molecule has 1 N–H and O–H groups in total. The van der Waals surface area contributed by atoms with Gasteiger partial charge in [0, 0.05) is 31.7 Å². The fourth-order valence-corrected chi connectivity index (χ4v) is 3.26. The number of hydrogen-bond acceptors (Lipinski definition) is 5. The third-order valence-corrected chi connectivity index (χ3v) is 4.78. The van der Waals surface area contributed by atoms with Crippen LogP contribution in [0.1, 0.15) is 40.1 Å². The van der Waals surface area contributed by atoms with Gasteiger partial charge in [-0.05, 0) is 18.8 Å². The molecule has 1 aliphatic rings. The first kappa shape index (κ1) is 21.0. The van der Waals surface area contributed by atoms with E-state index >= 15 is 0 Å². The summed E-state index contributed by atoms with van der Waals surface area (Å²) in [5.41, 5.74) is 0.763. The third-order valence-electron chi connectivity index (χ3n) is 4.78. The molecule has 2 heterocycles. The van der Waals surface area contributed by atoms with E-state index in [2.05, 4.69) is 20.2 Å². The summed E-state index contributed by atoms with van der Waals surface area (Å²) in [6, 6.07) is 6.39. The molecule has 158 valence electrons. The van der Waals surface area contributed by atoms with E-state index in [-0.39, 0.29) is 19.1 Å². The Morgan fingerprint density at radius 2 is 2.00 bits per heavy atom. The molecule has 6 nitrogen and oxygen atoms in total. The molecular weight excluding hydrogens is 378 g/mol. The molecule has 1 aromatic heterocycles. The highest BCUT2D eigenvalue weighted by Crippen LogP contribution is 2.30. The predicted molar refractivity (Wildman–Crippen MR) is 109 cm³/mol. The van der Waals surface area contributed by atoms with E-state index in [1.54, 1.807) is 24.4 Å². The number of piperidine rings is 1. The molecule has 0 unspecified atom stereocenters. The Labute approximate surface area is 170 Å². The topological polar surface area (TPSA) is 67.3 Å². The van der Waals surface area contributed by atoms with Gasteiger partial charge >= 0.3 is 6.09 Å². The number of benzene rings is 1. The van der Waals surface area contributed by atoms with E-state index in [1.807, 2.05) is 13.8 Å². The lowest BCUT2D eigenvalue weighted by atomic mass is 10.0. The molecule has 29 heavy (non-hydrogen) atoms. The second kappa shape index (κ2) is 9.62. The van der Waals surface area contributed by atoms with E-state index < -0.39 is 6.43 Å². The largest absolute Gasteiger partial charge is 0.449 e. The monoisotopic (exact) mass is 406 g/mol. The molecule has 1 aromatic carbocycles. The molecule has 0 aliphatic carbocycles. The zero-order chi connectivity index (χ0) is 20.8. The third kappa shape index (κ3) is 5.62. The smallest absolute Gasteiger partial charge is 0.407 e. The summed E-state index contributed by atoms with van der Waals surface area (Å²) in [6.07, 6.45) is 1.67. The molecule has 2 aromatic rings. The van der Waals surface area contributed by atoms with Crippen molar-refractivity contribution in [3.63, 3.8) is 0 Å². The van der Waals surface area contributed by atoms with Crippen LogP contribution in [0.5, 0.6) is 0 Å². The van der Waals surface area contributed by atoms with Crippen molar-refractivity contribution in [2.24, 2.45) is 5.92 Å². The number of nitrogens with one attached hydrogen (secondary N) is 1. The highest BCUT2D eigenvalue weighted by atomic mass is 19.3. The summed E-state index contributed by atoms with van der Waals surface area (Å²) in [5, 5.41) is 2.90. The Bertz CT molecular complexity index is 830. The van der Waals surface area contributed by atoms with Gasteiger partial charge in [0.2, 0.25) is 0 Å². The number of carbonyl (C=O) groups excluding carboxylic acids is 1. The maximum atomic E-state index is 13.3. The van der Waals surface area contributed by atoms with Crippen molar-refractivity contribution in [3.05, 3.63) is 42.2 Å². The van der Waals surface area contributed by atoms with Gasteiger partial charge in [0.15, 0.2) is 0 Å². The Hall–Kier alpha value is -2.77. The van der Waals surface area contributed by atoms with Gasteiger partial charge in [-0.25, -0.2) is 18.6 Å². The lowest BCUT2D eigenvalue weighted by molar-refractivity contribution is 0.127. The van der Waals surface area contributed by atoms with Crippen molar-refractivity contribution in [2.45, 2.75) is 39.2 Å². The number of halogens is 2. The molecule has 8 heteroatoms. The molecule has 1 amide bonds. The first-order chi connectivity index (χ1) is 13.9. The first-order valence-electron chi connectivity index (χ1n) is 9.81. The number of nitrogens with zero attached hydrogens (tertiary/aromatic N) is 3. The van der Waals surface area contributed by atoms with Gasteiger partial charge in [-0.2, -0.15) is 0 Å². The Balaban J connectivity index is 0.00000320. The molecule has 1 aliphatic heterocycles. The predicted octanol–water partition coefficient (Wildman–Crippen LogP) is 4.68. The Kier molecular flexibility index (Phi) is 6.95. The lowest BCUT2D eigenvalue weighted by Crippen LogP contribution is -2.45. The van der Waals surface area contributed by atoms with Crippen molar-refractivity contribution >= 4 is 11.9 Å². The van der Waals surface area contributed by atoms with E-state index in [9.17, 15) is 13.6 Å². The Morgan fingerprint density at radius 3 is 2.69 bits per heavy atom. The average molecular weight is 406 g/mol. The standard InChI is InChI=1S/C21H26F2N4O2.H2/c1-14(2)13-29-21(28)25-15-7-9-27(10-8-15)19-12-24-11-18(26-19)16-5-3-4-6-17(16)20(22)23;/h3-6,11-12,14-15,20H,7-10,13H2,1-2H3,(H,25,28);1H. The minimum Gasteiger partial charge on any atom is -0.449 e. The summed E-state index contributed by atoms with van der Waals surface area (Å²) >= 11 is 0. The van der Waals surface area contributed by atoms with Crippen molar-refractivity contribution in [3.8, 4) is 11.3 Å². The SMILES string of the molecule is CC(C)COC(=O)NC1CCN(c2cncc(-c3ccccc3C(F)F)n2)CC1.[HH]. The fraction of sp³-hybridized carbons (Fsp3) is 0.476. The van der Waals surface area contributed by atoms with Crippen LogP contribution < -0.4 is 10.2 Å². The first-order valence-corrected chi connectivity index (χ1v) is 9.81. The minimum absolute atomic E-state index is 0. The number of aromatic nitrogens is 2. The van der Waals surface area contributed by atoms with Gasteiger partial charge in [-0.1, -0.05) is 38.1 Å². The highest BCUT2D eigenvalue weighted by molar-refractivity contribution is 5.67. The van der Waals surface area contributed by atoms with Crippen molar-refractivity contribution in [2.75, 3.05) is 24.6 Å². The van der Waals surface area contributed by atoms with Crippen LogP contribution in [-0.4, -0.2) is 41.8 Å². The van der Waals surface area contributed by atoms with Crippen molar-refractivity contribution in [1.29, 1.82) is 0 Å². The van der Waals surface area contributed by atoms with Crippen LogP contribution in [0, 0.1) is 5.92 Å². The lowest BCUT2D eigenvalue weighted by Gasteiger charge is -2.33.